The Kier molecular flexibility index (Phi) is 12.3. The number of rotatable bonds is 4. The lowest BCUT2D eigenvalue weighted by Gasteiger charge is -2.33. The minimum Gasteiger partial charge on any atom is -0.360 e. The highest BCUT2D eigenvalue weighted by Gasteiger charge is 2.27. The van der Waals surface area contributed by atoms with Crippen molar-refractivity contribution in [2.24, 2.45) is 10.9 Å². The number of likely N-dealkylation sites (tertiary alicyclic amines) is 1. The zero-order chi connectivity index (χ0) is 23.2. The number of amides is 1. The second kappa shape index (κ2) is 14.4. The number of carbonyl (C=O) groups is 1. The van der Waals surface area contributed by atoms with Crippen molar-refractivity contribution in [1.82, 2.24) is 9.88 Å². The summed E-state index contributed by atoms with van der Waals surface area (Å²) in [6, 6.07) is 7.98. The lowest BCUT2D eigenvalue weighted by molar-refractivity contribution is 0.0705. The summed E-state index contributed by atoms with van der Waals surface area (Å²) in [6.07, 6.45) is 9.14. The number of nitrogens with one attached hydrogen (secondary N) is 1. The van der Waals surface area contributed by atoms with Crippen molar-refractivity contribution < 1.29 is 4.79 Å². The molecule has 0 bridgehead atoms. The van der Waals surface area contributed by atoms with E-state index in [0.717, 1.165) is 54.7 Å². The third-order valence-corrected chi connectivity index (χ3v) is 4.72. The molecule has 1 aliphatic heterocycles. The van der Waals surface area contributed by atoms with Gasteiger partial charge >= 0.3 is 0 Å². The van der Waals surface area contributed by atoms with E-state index in [1.165, 1.54) is 12.0 Å². The fourth-order valence-electron chi connectivity index (χ4n) is 3.59. The Morgan fingerprint density at radius 3 is 2.52 bits per heavy atom. The minimum atomic E-state index is 0.121. The number of aromatic amines is 1. The van der Waals surface area contributed by atoms with Gasteiger partial charge in [-0.25, -0.2) is 0 Å². The van der Waals surface area contributed by atoms with Crippen LogP contribution in [0.4, 0.5) is 0 Å². The van der Waals surface area contributed by atoms with Gasteiger partial charge in [-0.3, -0.25) is 9.79 Å². The Morgan fingerprint density at radius 2 is 1.90 bits per heavy atom. The molecule has 1 aromatic heterocycles. The fraction of sp³-hybridized carbons (Fsp3) is 0.481. The molecule has 170 valence electrons. The van der Waals surface area contributed by atoms with Gasteiger partial charge in [0.25, 0.3) is 5.91 Å². The van der Waals surface area contributed by atoms with Gasteiger partial charge in [-0.1, -0.05) is 50.1 Å². The van der Waals surface area contributed by atoms with Crippen molar-refractivity contribution in [3.05, 3.63) is 60.3 Å². The van der Waals surface area contributed by atoms with Crippen molar-refractivity contribution in [1.29, 1.82) is 0 Å². The van der Waals surface area contributed by atoms with Crippen LogP contribution in [0.1, 0.15) is 71.2 Å². The molecule has 4 heteroatoms. The largest absolute Gasteiger partial charge is 0.360 e. The van der Waals surface area contributed by atoms with Gasteiger partial charge in [-0.05, 0) is 52.7 Å². The Bertz CT molecular complexity index is 871. The first-order valence-electron chi connectivity index (χ1n) is 11.5. The predicted octanol–water partition coefficient (Wildman–Crippen LogP) is 7.06. The van der Waals surface area contributed by atoms with Crippen LogP contribution in [0.25, 0.3) is 10.9 Å². The molecule has 0 spiro atoms. The number of fused-ring (bicyclic) bond motifs is 1. The molecule has 1 aliphatic rings. The summed E-state index contributed by atoms with van der Waals surface area (Å²) >= 11 is 0. The third kappa shape index (κ3) is 8.20. The molecule has 4 nitrogen and oxygen atoms in total. The molecule has 3 rings (SSSR count). The number of hydrogen-bond donors (Lipinski definition) is 1. The predicted molar refractivity (Wildman–Crippen MR) is 136 cm³/mol. The molecular weight excluding hydrogens is 382 g/mol. The SMILES string of the molecule is C=CC.CCC.CCN=C(C=C(C)C)C1CCCN(C(=O)c2c[nH]c3ccccc23)C1. The lowest BCUT2D eigenvalue weighted by Crippen LogP contribution is -2.42. The van der Waals surface area contributed by atoms with E-state index in [4.69, 9.17) is 4.99 Å². The normalized spacial score (nSPS) is 15.9. The van der Waals surface area contributed by atoms with Crippen LogP contribution in [-0.4, -0.2) is 41.1 Å². The van der Waals surface area contributed by atoms with Gasteiger partial charge < -0.3 is 9.88 Å². The number of H-pyrrole nitrogens is 1. The molecule has 0 aliphatic carbocycles. The quantitative estimate of drug-likeness (QED) is 0.415. The monoisotopic (exact) mass is 423 g/mol. The van der Waals surface area contributed by atoms with Crippen LogP contribution in [0.2, 0.25) is 0 Å². The lowest BCUT2D eigenvalue weighted by atomic mass is 9.91. The number of allylic oxidation sites excluding steroid dienone is 3. The zero-order valence-corrected chi connectivity index (χ0v) is 20.4. The van der Waals surface area contributed by atoms with Crippen LogP contribution in [0.5, 0.6) is 0 Å². The van der Waals surface area contributed by atoms with Crippen LogP contribution in [0, 0.1) is 5.92 Å². The van der Waals surface area contributed by atoms with E-state index >= 15 is 0 Å². The Hall–Kier alpha value is -2.62. The number of aromatic nitrogens is 1. The van der Waals surface area contributed by atoms with E-state index in [1.807, 2.05) is 42.3 Å². The number of aliphatic imine (C=N–C) groups is 1. The van der Waals surface area contributed by atoms with Crippen LogP contribution in [0.15, 0.2) is 59.8 Å². The summed E-state index contributed by atoms with van der Waals surface area (Å²) in [4.78, 5) is 23.0. The molecule has 1 fully saturated rings. The summed E-state index contributed by atoms with van der Waals surface area (Å²) in [5.74, 6) is 0.452. The van der Waals surface area contributed by atoms with E-state index in [0.29, 0.717) is 5.92 Å². The molecule has 2 aromatic rings. The molecule has 1 atom stereocenters. The van der Waals surface area contributed by atoms with Gasteiger partial charge in [-0.2, -0.15) is 0 Å². The fourth-order valence-corrected chi connectivity index (χ4v) is 3.59. The number of hydrogen-bond acceptors (Lipinski definition) is 2. The Labute approximate surface area is 189 Å². The Morgan fingerprint density at radius 1 is 1.26 bits per heavy atom. The number of piperidine rings is 1. The third-order valence-electron chi connectivity index (χ3n) is 4.72. The maximum atomic E-state index is 13.1. The molecule has 1 unspecified atom stereocenters. The van der Waals surface area contributed by atoms with E-state index in [1.54, 1.807) is 6.08 Å². The van der Waals surface area contributed by atoms with Crippen molar-refractivity contribution >= 4 is 22.5 Å². The van der Waals surface area contributed by atoms with Crippen LogP contribution < -0.4 is 0 Å². The highest BCUT2D eigenvalue weighted by molar-refractivity contribution is 6.07. The molecular formula is C27H41N3O. The topological polar surface area (TPSA) is 48.5 Å². The molecule has 0 saturated carbocycles. The number of benzene rings is 1. The highest BCUT2D eigenvalue weighted by Crippen LogP contribution is 2.24. The van der Waals surface area contributed by atoms with Crippen molar-refractivity contribution in [3.8, 4) is 0 Å². The first-order valence-corrected chi connectivity index (χ1v) is 11.5. The van der Waals surface area contributed by atoms with Gasteiger partial charge in [0, 0.05) is 48.4 Å². The molecule has 1 aromatic carbocycles. The van der Waals surface area contributed by atoms with Gasteiger partial charge in [0.15, 0.2) is 0 Å². The van der Waals surface area contributed by atoms with Crippen LogP contribution in [0.3, 0.4) is 0 Å². The summed E-state index contributed by atoms with van der Waals surface area (Å²) in [5.41, 5.74) is 4.18. The van der Waals surface area contributed by atoms with Crippen LogP contribution in [-0.2, 0) is 0 Å². The summed E-state index contributed by atoms with van der Waals surface area (Å²) in [5, 5.41) is 1.00. The maximum absolute atomic E-state index is 13.1. The number of para-hydroxylation sites is 1. The van der Waals surface area contributed by atoms with E-state index < -0.39 is 0 Å². The Balaban J connectivity index is 0.000000720. The highest BCUT2D eigenvalue weighted by atomic mass is 16.2. The summed E-state index contributed by atoms with van der Waals surface area (Å²) < 4.78 is 0. The van der Waals surface area contributed by atoms with Gasteiger partial charge in [0.1, 0.15) is 0 Å². The van der Waals surface area contributed by atoms with Gasteiger partial charge in [0.2, 0.25) is 0 Å². The number of nitrogens with zero attached hydrogens (tertiary/aromatic N) is 2. The first-order chi connectivity index (χ1) is 14.9. The molecule has 1 amide bonds. The molecule has 1 N–H and O–H groups in total. The smallest absolute Gasteiger partial charge is 0.256 e. The summed E-state index contributed by atoms with van der Waals surface area (Å²) in [7, 11) is 0. The molecule has 2 heterocycles. The average molecular weight is 424 g/mol. The van der Waals surface area contributed by atoms with E-state index in [-0.39, 0.29) is 5.91 Å². The van der Waals surface area contributed by atoms with E-state index in [2.05, 4.69) is 52.3 Å². The zero-order valence-electron chi connectivity index (χ0n) is 20.4. The summed E-state index contributed by atoms with van der Waals surface area (Å²) in [6.45, 7) is 18.1. The maximum Gasteiger partial charge on any atom is 0.256 e. The van der Waals surface area contributed by atoms with Crippen molar-refractivity contribution in [3.63, 3.8) is 0 Å². The van der Waals surface area contributed by atoms with Crippen molar-refractivity contribution in [2.75, 3.05) is 19.6 Å². The molecule has 31 heavy (non-hydrogen) atoms. The first kappa shape index (κ1) is 26.4. The second-order valence-electron chi connectivity index (χ2n) is 8.07. The molecule has 0 radical (unpaired) electrons. The number of carbonyl (C=O) groups excluding carboxylic acids is 1. The van der Waals surface area contributed by atoms with Gasteiger partial charge in [-0.15, -0.1) is 6.58 Å². The average Bonchev–Trinajstić information content (AvgIpc) is 3.18. The van der Waals surface area contributed by atoms with E-state index in [9.17, 15) is 4.79 Å². The second-order valence-corrected chi connectivity index (χ2v) is 8.07. The standard InChI is InChI=1S/C21H27N3O.C3H8.C3H6/c1-4-22-20(12-15(2)3)16-8-7-11-24(14-16)21(25)18-13-23-19-10-6-5-9-17(18)19;2*1-3-2/h5-6,9-10,12-13,16,23H,4,7-8,11,14H2,1-3H3;3H2,1-2H3;3H,1H2,2H3. The van der Waals surface area contributed by atoms with Crippen molar-refractivity contribution in [2.45, 2.75) is 60.8 Å². The molecule has 1 saturated heterocycles. The van der Waals surface area contributed by atoms with Gasteiger partial charge in [0.05, 0.1) is 5.56 Å². The van der Waals surface area contributed by atoms with Crippen LogP contribution >= 0.6 is 0 Å². The minimum absolute atomic E-state index is 0.121.